The van der Waals surface area contributed by atoms with Crippen LogP contribution in [-0.4, -0.2) is 34.9 Å². The maximum absolute atomic E-state index is 12.4. The van der Waals surface area contributed by atoms with Gasteiger partial charge in [-0.05, 0) is 31.7 Å². The highest BCUT2D eigenvalue weighted by molar-refractivity contribution is 6.33. The monoisotopic (exact) mass is 339 g/mol. The molecular weight excluding hydrogens is 321 g/mol. The van der Waals surface area contributed by atoms with Gasteiger partial charge in [-0.15, -0.1) is 24.8 Å². The Labute approximate surface area is 136 Å². The Kier molecular flexibility index (Phi) is 8.44. The quantitative estimate of drug-likeness (QED) is 0.900. The van der Waals surface area contributed by atoms with Gasteiger partial charge in [-0.25, -0.2) is 0 Å². The summed E-state index contributed by atoms with van der Waals surface area (Å²) >= 11 is 6.00. The standard InChI is InChI=1S/C13H18ClN3O.2ClH/c1-9(15)10-3-2-6-17(8-10)13(18)11-4-5-16-7-12(11)14;;/h4-5,7,9-10H,2-3,6,8,15H2,1H3;2*1H. The first kappa shape index (κ1) is 19.4. The lowest BCUT2D eigenvalue weighted by Gasteiger charge is -2.34. The fourth-order valence-corrected chi connectivity index (χ4v) is 2.54. The predicted octanol–water partition coefficient (Wildman–Crippen LogP) is 2.78. The van der Waals surface area contributed by atoms with E-state index >= 15 is 0 Å². The Morgan fingerprint density at radius 2 is 2.25 bits per heavy atom. The third-order valence-corrected chi connectivity index (χ3v) is 3.79. The second-order valence-electron chi connectivity index (χ2n) is 4.87. The van der Waals surface area contributed by atoms with Crippen molar-refractivity contribution in [3.05, 3.63) is 29.0 Å². The second-order valence-corrected chi connectivity index (χ2v) is 5.28. The minimum Gasteiger partial charge on any atom is -0.338 e. The molecule has 1 aliphatic rings. The van der Waals surface area contributed by atoms with Crippen LogP contribution in [-0.2, 0) is 0 Å². The van der Waals surface area contributed by atoms with E-state index in [1.807, 2.05) is 11.8 Å². The third kappa shape index (κ3) is 4.48. The second kappa shape index (κ2) is 8.67. The van der Waals surface area contributed by atoms with Crippen molar-refractivity contribution in [3.8, 4) is 0 Å². The number of carbonyl (C=O) groups excluding carboxylic acids is 1. The Morgan fingerprint density at radius 1 is 1.55 bits per heavy atom. The first-order valence-corrected chi connectivity index (χ1v) is 6.61. The molecule has 114 valence electrons. The molecular formula is C13H20Cl3N3O. The summed E-state index contributed by atoms with van der Waals surface area (Å²) in [6, 6.07) is 1.79. The summed E-state index contributed by atoms with van der Waals surface area (Å²) < 4.78 is 0. The van der Waals surface area contributed by atoms with E-state index in [4.69, 9.17) is 17.3 Å². The van der Waals surface area contributed by atoms with E-state index in [2.05, 4.69) is 4.98 Å². The molecule has 0 spiro atoms. The summed E-state index contributed by atoms with van der Waals surface area (Å²) in [7, 11) is 0. The van der Waals surface area contributed by atoms with Crippen LogP contribution in [0.3, 0.4) is 0 Å². The van der Waals surface area contributed by atoms with Crippen LogP contribution in [0.5, 0.6) is 0 Å². The van der Waals surface area contributed by atoms with Crippen LogP contribution in [0.2, 0.25) is 5.02 Å². The molecule has 1 aromatic heterocycles. The van der Waals surface area contributed by atoms with E-state index in [9.17, 15) is 4.79 Å². The third-order valence-electron chi connectivity index (χ3n) is 3.49. The van der Waals surface area contributed by atoms with Crippen molar-refractivity contribution in [1.82, 2.24) is 9.88 Å². The molecule has 2 N–H and O–H groups in total. The van der Waals surface area contributed by atoms with Gasteiger partial charge in [-0.3, -0.25) is 9.78 Å². The van der Waals surface area contributed by atoms with Crippen molar-refractivity contribution in [1.29, 1.82) is 0 Å². The molecule has 2 atom stereocenters. The van der Waals surface area contributed by atoms with E-state index in [0.29, 0.717) is 16.5 Å². The van der Waals surface area contributed by atoms with Crippen LogP contribution in [0.4, 0.5) is 0 Å². The lowest BCUT2D eigenvalue weighted by molar-refractivity contribution is 0.0661. The van der Waals surface area contributed by atoms with Crippen molar-refractivity contribution in [2.45, 2.75) is 25.8 Å². The summed E-state index contributed by atoms with van der Waals surface area (Å²) in [5, 5.41) is 0.408. The molecule has 1 saturated heterocycles. The number of likely N-dealkylation sites (tertiary alicyclic amines) is 1. The van der Waals surface area contributed by atoms with Gasteiger partial charge in [-0.2, -0.15) is 0 Å². The van der Waals surface area contributed by atoms with Crippen LogP contribution in [0.1, 0.15) is 30.1 Å². The molecule has 0 bridgehead atoms. The molecule has 0 aliphatic carbocycles. The number of piperidine rings is 1. The maximum atomic E-state index is 12.4. The van der Waals surface area contributed by atoms with Crippen molar-refractivity contribution in [2.75, 3.05) is 13.1 Å². The Balaban J connectivity index is 0.00000180. The average Bonchev–Trinajstić information content (AvgIpc) is 2.38. The highest BCUT2D eigenvalue weighted by atomic mass is 35.5. The van der Waals surface area contributed by atoms with E-state index < -0.39 is 0 Å². The molecule has 2 rings (SSSR count). The number of carbonyl (C=O) groups is 1. The molecule has 4 nitrogen and oxygen atoms in total. The first-order valence-electron chi connectivity index (χ1n) is 6.24. The number of halogens is 3. The number of rotatable bonds is 2. The molecule has 1 amide bonds. The highest BCUT2D eigenvalue weighted by Gasteiger charge is 2.27. The normalized spacial score (nSPS) is 19.6. The summed E-state index contributed by atoms with van der Waals surface area (Å²) in [6.45, 7) is 3.49. The van der Waals surface area contributed by atoms with Crippen molar-refractivity contribution >= 4 is 42.3 Å². The molecule has 2 unspecified atom stereocenters. The van der Waals surface area contributed by atoms with Gasteiger partial charge in [0.1, 0.15) is 0 Å². The topological polar surface area (TPSA) is 59.2 Å². The van der Waals surface area contributed by atoms with E-state index in [1.54, 1.807) is 12.3 Å². The Morgan fingerprint density at radius 3 is 2.85 bits per heavy atom. The fourth-order valence-electron chi connectivity index (χ4n) is 2.34. The number of hydrogen-bond donors (Lipinski definition) is 1. The highest BCUT2D eigenvalue weighted by Crippen LogP contribution is 2.22. The van der Waals surface area contributed by atoms with Gasteiger partial charge < -0.3 is 10.6 Å². The number of nitrogens with two attached hydrogens (primary N) is 1. The number of hydrogen-bond acceptors (Lipinski definition) is 3. The van der Waals surface area contributed by atoms with Gasteiger partial charge in [-0.1, -0.05) is 11.6 Å². The summed E-state index contributed by atoms with van der Waals surface area (Å²) in [5.41, 5.74) is 6.45. The molecule has 1 aliphatic heterocycles. The smallest absolute Gasteiger partial charge is 0.255 e. The van der Waals surface area contributed by atoms with E-state index in [1.165, 1.54) is 6.20 Å². The zero-order valence-corrected chi connectivity index (χ0v) is 13.7. The van der Waals surface area contributed by atoms with Gasteiger partial charge in [0.05, 0.1) is 10.6 Å². The number of nitrogens with zero attached hydrogens (tertiary/aromatic N) is 2. The lowest BCUT2D eigenvalue weighted by Crippen LogP contribution is -2.45. The number of pyridine rings is 1. The average molecular weight is 341 g/mol. The lowest BCUT2D eigenvalue weighted by atomic mass is 9.92. The van der Waals surface area contributed by atoms with Gasteiger partial charge in [0, 0.05) is 31.5 Å². The minimum atomic E-state index is -0.0206. The van der Waals surface area contributed by atoms with Crippen LogP contribution in [0.25, 0.3) is 0 Å². The summed E-state index contributed by atoms with van der Waals surface area (Å²) in [5.74, 6) is 0.357. The number of amides is 1. The predicted molar refractivity (Wildman–Crippen MR) is 86.0 cm³/mol. The SMILES string of the molecule is CC(N)C1CCCN(C(=O)c2ccncc2Cl)C1.Cl.Cl. The van der Waals surface area contributed by atoms with Gasteiger partial charge in [0.2, 0.25) is 0 Å². The molecule has 0 aromatic carbocycles. The van der Waals surface area contributed by atoms with Gasteiger partial charge in [0.25, 0.3) is 5.91 Å². The largest absolute Gasteiger partial charge is 0.338 e. The minimum absolute atomic E-state index is 0. The van der Waals surface area contributed by atoms with Gasteiger partial charge >= 0.3 is 0 Å². The van der Waals surface area contributed by atoms with Crippen LogP contribution >= 0.6 is 36.4 Å². The van der Waals surface area contributed by atoms with Crippen LogP contribution < -0.4 is 5.73 Å². The Hall–Kier alpha value is -0.550. The zero-order valence-electron chi connectivity index (χ0n) is 11.3. The summed E-state index contributed by atoms with van der Waals surface area (Å²) in [6.07, 6.45) is 5.18. The van der Waals surface area contributed by atoms with Crippen LogP contribution in [0, 0.1) is 5.92 Å². The zero-order chi connectivity index (χ0) is 13.1. The van der Waals surface area contributed by atoms with Crippen molar-refractivity contribution < 1.29 is 4.79 Å². The molecule has 0 radical (unpaired) electrons. The fraction of sp³-hybridized carbons (Fsp3) is 0.538. The molecule has 20 heavy (non-hydrogen) atoms. The van der Waals surface area contributed by atoms with Crippen molar-refractivity contribution in [2.24, 2.45) is 11.7 Å². The van der Waals surface area contributed by atoms with Gasteiger partial charge in [0.15, 0.2) is 0 Å². The van der Waals surface area contributed by atoms with E-state index in [-0.39, 0.29) is 36.8 Å². The molecule has 1 fully saturated rings. The van der Waals surface area contributed by atoms with E-state index in [0.717, 1.165) is 25.9 Å². The maximum Gasteiger partial charge on any atom is 0.255 e. The molecule has 2 heterocycles. The summed E-state index contributed by atoms with van der Waals surface area (Å²) in [4.78, 5) is 18.1. The molecule has 1 aromatic rings. The van der Waals surface area contributed by atoms with Crippen molar-refractivity contribution in [3.63, 3.8) is 0 Å². The first-order chi connectivity index (χ1) is 8.59. The Bertz CT molecular complexity index is 443. The van der Waals surface area contributed by atoms with Crippen LogP contribution in [0.15, 0.2) is 18.5 Å². The molecule has 0 saturated carbocycles. The molecule has 7 heteroatoms. The number of aromatic nitrogens is 1.